The van der Waals surface area contributed by atoms with E-state index in [1.807, 2.05) is 18.3 Å². The molecule has 0 radical (unpaired) electrons. The highest BCUT2D eigenvalue weighted by molar-refractivity contribution is 6.03. The van der Waals surface area contributed by atoms with Gasteiger partial charge in [-0.2, -0.15) is 5.10 Å². The van der Waals surface area contributed by atoms with Gasteiger partial charge >= 0.3 is 0 Å². The summed E-state index contributed by atoms with van der Waals surface area (Å²) in [5.41, 5.74) is 2.13. The molecule has 0 amide bonds. The molecule has 3 aromatic rings. The van der Waals surface area contributed by atoms with E-state index in [9.17, 15) is 0 Å². The molecule has 1 aliphatic rings. The van der Waals surface area contributed by atoms with E-state index in [1.54, 1.807) is 6.26 Å². The summed E-state index contributed by atoms with van der Waals surface area (Å²) in [6, 6.07) is 6.67. The Hall–Kier alpha value is -1.81. The van der Waals surface area contributed by atoms with Crippen LogP contribution >= 0.6 is 0 Å². The zero-order valence-electron chi connectivity index (χ0n) is 10.8. The number of furan rings is 1. The molecular weight excluding hydrogens is 238 g/mol. The molecule has 4 heteroatoms. The molecule has 0 saturated carbocycles. The van der Waals surface area contributed by atoms with Crippen LogP contribution in [0.3, 0.4) is 0 Å². The van der Waals surface area contributed by atoms with Crippen molar-refractivity contribution in [2.45, 2.75) is 31.8 Å². The standard InChI is InChI=1S/C15H17N3O/c1-2-7-16-12(3-1)10-18-15-11(9-17-18)4-5-14-13(15)6-8-19-14/h4-6,8-9,12,16H,1-3,7,10H2. The van der Waals surface area contributed by atoms with Crippen LogP contribution < -0.4 is 5.32 Å². The number of rotatable bonds is 2. The lowest BCUT2D eigenvalue weighted by Crippen LogP contribution is -2.37. The largest absolute Gasteiger partial charge is 0.464 e. The van der Waals surface area contributed by atoms with Crippen LogP contribution in [0.25, 0.3) is 21.9 Å². The molecule has 19 heavy (non-hydrogen) atoms. The lowest BCUT2D eigenvalue weighted by molar-refractivity contribution is 0.355. The van der Waals surface area contributed by atoms with Crippen LogP contribution in [0.1, 0.15) is 19.3 Å². The molecular formula is C15H17N3O. The van der Waals surface area contributed by atoms with Gasteiger partial charge < -0.3 is 9.73 Å². The van der Waals surface area contributed by atoms with Crippen LogP contribution in [0.5, 0.6) is 0 Å². The molecule has 98 valence electrons. The zero-order chi connectivity index (χ0) is 12.7. The van der Waals surface area contributed by atoms with Gasteiger partial charge in [0, 0.05) is 16.8 Å². The van der Waals surface area contributed by atoms with Gasteiger partial charge in [-0.05, 0) is 37.6 Å². The molecule has 1 unspecified atom stereocenters. The smallest absolute Gasteiger partial charge is 0.136 e. The summed E-state index contributed by atoms with van der Waals surface area (Å²) in [7, 11) is 0. The summed E-state index contributed by atoms with van der Waals surface area (Å²) in [6.07, 6.45) is 7.55. The van der Waals surface area contributed by atoms with E-state index in [1.165, 1.54) is 30.2 Å². The van der Waals surface area contributed by atoms with Gasteiger partial charge in [0.25, 0.3) is 0 Å². The van der Waals surface area contributed by atoms with Gasteiger partial charge in [-0.25, -0.2) is 0 Å². The Bertz CT molecular complexity index is 706. The van der Waals surface area contributed by atoms with Crippen LogP contribution in [0.4, 0.5) is 0 Å². The van der Waals surface area contributed by atoms with Crippen LogP contribution in [-0.4, -0.2) is 22.4 Å². The fourth-order valence-corrected chi connectivity index (χ4v) is 3.05. The maximum atomic E-state index is 5.48. The Morgan fingerprint density at radius 2 is 2.32 bits per heavy atom. The van der Waals surface area contributed by atoms with Gasteiger partial charge in [0.2, 0.25) is 0 Å². The topological polar surface area (TPSA) is 43.0 Å². The van der Waals surface area contributed by atoms with Crippen molar-refractivity contribution in [3.63, 3.8) is 0 Å². The second-order valence-corrected chi connectivity index (χ2v) is 5.31. The number of piperidine rings is 1. The predicted molar refractivity (Wildman–Crippen MR) is 75.1 cm³/mol. The van der Waals surface area contributed by atoms with E-state index in [4.69, 9.17) is 4.42 Å². The molecule has 2 aromatic heterocycles. The number of nitrogens with zero attached hydrogens (tertiary/aromatic N) is 2. The molecule has 1 aromatic carbocycles. The highest BCUT2D eigenvalue weighted by atomic mass is 16.3. The molecule has 0 bridgehead atoms. The van der Waals surface area contributed by atoms with Gasteiger partial charge in [0.1, 0.15) is 5.58 Å². The Morgan fingerprint density at radius 1 is 1.32 bits per heavy atom. The van der Waals surface area contributed by atoms with Gasteiger partial charge in [0.05, 0.1) is 24.5 Å². The first kappa shape index (κ1) is 11.1. The second kappa shape index (κ2) is 4.38. The number of nitrogens with one attached hydrogen (secondary N) is 1. The Morgan fingerprint density at radius 3 is 3.21 bits per heavy atom. The predicted octanol–water partition coefficient (Wildman–Crippen LogP) is 2.92. The zero-order valence-corrected chi connectivity index (χ0v) is 10.8. The highest BCUT2D eigenvalue weighted by Gasteiger charge is 2.16. The Labute approximate surface area is 111 Å². The fourth-order valence-electron chi connectivity index (χ4n) is 3.05. The third-order valence-corrected chi connectivity index (χ3v) is 4.04. The lowest BCUT2D eigenvalue weighted by Gasteiger charge is -2.23. The van der Waals surface area contributed by atoms with Crippen molar-refractivity contribution in [1.82, 2.24) is 15.1 Å². The first-order valence-electron chi connectivity index (χ1n) is 6.97. The van der Waals surface area contributed by atoms with E-state index in [2.05, 4.69) is 21.2 Å². The Kier molecular flexibility index (Phi) is 2.55. The molecule has 3 heterocycles. The summed E-state index contributed by atoms with van der Waals surface area (Å²) in [4.78, 5) is 0. The van der Waals surface area contributed by atoms with Crippen LogP contribution in [-0.2, 0) is 6.54 Å². The molecule has 4 nitrogen and oxygen atoms in total. The molecule has 1 N–H and O–H groups in total. The first-order valence-corrected chi connectivity index (χ1v) is 6.97. The van der Waals surface area contributed by atoms with Crippen LogP contribution in [0.15, 0.2) is 35.1 Å². The monoisotopic (exact) mass is 255 g/mol. The normalized spacial score (nSPS) is 20.3. The molecule has 0 spiro atoms. The van der Waals surface area contributed by atoms with Gasteiger partial charge in [0.15, 0.2) is 0 Å². The molecule has 4 rings (SSSR count). The van der Waals surface area contributed by atoms with Crippen LogP contribution in [0, 0.1) is 0 Å². The quantitative estimate of drug-likeness (QED) is 0.765. The lowest BCUT2D eigenvalue weighted by atomic mass is 10.1. The maximum Gasteiger partial charge on any atom is 0.136 e. The molecule has 1 atom stereocenters. The van der Waals surface area contributed by atoms with Gasteiger partial charge in [-0.15, -0.1) is 0 Å². The van der Waals surface area contributed by atoms with Crippen molar-refractivity contribution >= 4 is 21.9 Å². The minimum Gasteiger partial charge on any atom is -0.464 e. The average molecular weight is 255 g/mol. The summed E-state index contributed by atoms with van der Waals surface area (Å²) < 4.78 is 7.60. The van der Waals surface area contributed by atoms with Crippen LogP contribution in [0.2, 0.25) is 0 Å². The van der Waals surface area contributed by atoms with E-state index in [0.29, 0.717) is 6.04 Å². The Balaban J connectivity index is 1.78. The summed E-state index contributed by atoms with van der Waals surface area (Å²) in [6.45, 7) is 2.07. The number of hydrogen-bond acceptors (Lipinski definition) is 3. The molecule has 1 fully saturated rings. The maximum absolute atomic E-state index is 5.48. The van der Waals surface area contributed by atoms with Crippen molar-refractivity contribution in [2.75, 3.05) is 6.54 Å². The second-order valence-electron chi connectivity index (χ2n) is 5.31. The van der Waals surface area contributed by atoms with E-state index in [0.717, 1.165) is 24.1 Å². The van der Waals surface area contributed by atoms with E-state index >= 15 is 0 Å². The summed E-state index contributed by atoms with van der Waals surface area (Å²) >= 11 is 0. The number of hydrogen-bond donors (Lipinski definition) is 1. The van der Waals surface area contributed by atoms with Crippen molar-refractivity contribution in [2.24, 2.45) is 0 Å². The van der Waals surface area contributed by atoms with Gasteiger partial charge in [-0.1, -0.05) is 6.42 Å². The average Bonchev–Trinajstić information content (AvgIpc) is 3.06. The third-order valence-electron chi connectivity index (χ3n) is 4.04. The van der Waals surface area contributed by atoms with E-state index in [-0.39, 0.29) is 0 Å². The number of aromatic nitrogens is 2. The molecule has 1 aliphatic heterocycles. The highest BCUT2D eigenvalue weighted by Crippen LogP contribution is 2.26. The number of fused-ring (bicyclic) bond motifs is 3. The summed E-state index contributed by atoms with van der Waals surface area (Å²) in [5, 5.41) is 10.5. The minimum absolute atomic E-state index is 0.541. The third kappa shape index (κ3) is 1.83. The number of benzene rings is 1. The molecule has 0 aliphatic carbocycles. The minimum atomic E-state index is 0.541. The SMILES string of the molecule is c1cc2c(ccc3cnn(CC4CCCCN4)c32)o1. The van der Waals surface area contributed by atoms with Crippen molar-refractivity contribution in [3.8, 4) is 0 Å². The van der Waals surface area contributed by atoms with Crippen molar-refractivity contribution < 1.29 is 4.42 Å². The van der Waals surface area contributed by atoms with E-state index < -0.39 is 0 Å². The van der Waals surface area contributed by atoms with Crippen molar-refractivity contribution in [3.05, 3.63) is 30.7 Å². The summed E-state index contributed by atoms with van der Waals surface area (Å²) in [5.74, 6) is 0. The first-order chi connectivity index (χ1) is 9.42. The van der Waals surface area contributed by atoms with Gasteiger partial charge in [-0.3, -0.25) is 4.68 Å². The van der Waals surface area contributed by atoms with Crippen molar-refractivity contribution in [1.29, 1.82) is 0 Å². The molecule has 1 saturated heterocycles. The fraction of sp³-hybridized carbons (Fsp3) is 0.400.